The van der Waals surface area contributed by atoms with Gasteiger partial charge < -0.3 is 0 Å². The van der Waals surface area contributed by atoms with Crippen LogP contribution in [-0.2, 0) is 22.7 Å². The number of fused-ring (bicyclic) bond motifs is 3. The van der Waals surface area contributed by atoms with Crippen LogP contribution in [-0.4, -0.2) is 0 Å². The zero-order valence-electron chi connectivity index (χ0n) is 22.9. The first-order valence-corrected chi connectivity index (χ1v) is 12.7. The summed E-state index contributed by atoms with van der Waals surface area (Å²) in [6.07, 6.45) is 8.40. The molecular weight excluding hydrogens is 396 g/mol. The molecule has 0 aliphatic heterocycles. The molecule has 0 heterocycles. The third-order valence-electron chi connectivity index (χ3n) is 7.94. The summed E-state index contributed by atoms with van der Waals surface area (Å²) in [5.74, 6) is 0.410. The van der Waals surface area contributed by atoms with Crippen LogP contribution in [0, 0.1) is 11.3 Å². The lowest BCUT2D eigenvalue weighted by Gasteiger charge is -2.38. The van der Waals surface area contributed by atoms with Gasteiger partial charge in [-0.25, -0.2) is 0 Å². The zero-order chi connectivity index (χ0) is 24.6. The van der Waals surface area contributed by atoms with Crippen LogP contribution in [0.2, 0.25) is 0 Å². The lowest BCUT2D eigenvalue weighted by Crippen LogP contribution is -2.31. The molecule has 2 aliphatic carbocycles. The molecule has 2 aromatic carbocycles. The van der Waals surface area contributed by atoms with Gasteiger partial charge in [-0.1, -0.05) is 125 Å². The first-order valence-electron chi connectivity index (χ1n) is 12.7. The van der Waals surface area contributed by atoms with Crippen LogP contribution >= 0.6 is 0 Å². The molecule has 1 unspecified atom stereocenters. The van der Waals surface area contributed by atoms with Crippen molar-refractivity contribution in [1.29, 1.82) is 0 Å². The molecule has 0 radical (unpaired) electrons. The van der Waals surface area contributed by atoms with E-state index in [9.17, 15) is 0 Å². The third kappa shape index (κ3) is 4.16. The van der Waals surface area contributed by atoms with Crippen molar-refractivity contribution >= 4 is 0 Å². The Balaban J connectivity index is 1.89. The van der Waals surface area contributed by atoms with Crippen LogP contribution in [0.4, 0.5) is 0 Å². The van der Waals surface area contributed by atoms with Crippen molar-refractivity contribution in [3.05, 3.63) is 82.0 Å². The van der Waals surface area contributed by atoms with E-state index >= 15 is 0 Å². The van der Waals surface area contributed by atoms with Crippen LogP contribution in [0.15, 0.2) is 54.1 Å². The Hall–Kier alpha value is -2.08. The number of hydrogen-bond donors (Lipinski definition) is 0. The molecule has 2 aromatic rings. The molecule has 0 amide bonds. The van der Waals surface area contributed by atoms with Crippen molar-refractivity contribution in [2.24, 2.45) is 11.3 Å². The molecule has 33 heavy (non-hydrogen) atoms. The molecule has 2 aliphatic rings. The summed E-state index contributed by atoms with van der Waals surface area (Å²) < 4.78 is 0. The molecule has 0 fully saturated rings. The van der Waals surface area contributed by atoms with Crippen molar-refractivity contribution < 1.29 is 0 Å². The molecule has 0 spiro atoms. The predicted molar refractivity (Wildman–Crippen MR) is 145 cm³/mol. The maximum absolute atomic E-state index is 2.53. The molecule has 0 N–H and O–H groups in total. The highest BCUT2D eigenvalue weighted by Crippen LogP contribution is 2.50. The van der Waals surface area contributed by atoms with Gasteiger partial charge >= 0.3 is 0 Å². The summed E-state index contributed by atoms with van der Waals surface area (Å²) in [5, 5.41) is 0. The van der Waals surface area contributed by atoms with E-state index in [2.05, 4.69) is 125 Å². The van der Waals surface area contributed by atoms with Crippen LogP contribution in [0.1, 0.15) is 104 Å². The molecule has 0 aromatic heterocycles. The van der Waals surface area contributed by atoms with Crippen LogP contribution in [0.3, 0.4) is 0 Å². The maximum atomic E-state index is 2.53. The van der Waals surface area contributed by atoms with Crippen molar-refractivity contribution in [3.63, 3.8) is 0 Å². The average molecular weight is 441 g/mol. The van der Waals surface area contributed by atoms with E-state index in [1.165, 1.54) is 33.4 Å². The molecule has 0 saturated heterocycles. The highest BCUT2D eigenvalue weighted by atomic mass is 14.4. The highest BCUT2D eigenvalue weighted by molar-refractivity contribution is 5.80. The minimum absolute atomic E-state index is 0.0202. The first kappa shape index (κ1) is 24.1. The van der Waals surface area contributed by atoms with Crippen molar-refractivity contribution in [3.8, 4) is 11.1 Å². The van der Waals surface area contributed by atoms with E-state index in [-0.39, 0.29) is 21.7 Å². The summed E-state index contributed by atoms with van der Waals surface area (Å²) in [6, 6.07) is 12.0. The fraction of sp³-hybridized carbons (Fsp3) is 0.515. The summed E-state index contributed by atoms with van der Waals surface area (Å²) in [5.41, 5.74) is 12.4. The monoisotopic (exact) mass is 440 g/mol. The van der Waals surface area contributed by atoms with Crippen LogP contribution in [0.5, 0.6) is 0 Å². The molecule has 0 saturated carbocycles. The van der Waals surface area contributed by atoms with Gasteiger partial charge in [0.25, 0.3) is 0 Å². The summed E-state index contributed by atoms with van der Waals surface area (Å²) in [7, 11) is 0. The lowest BCUT2D eigenvalue weighted by molar-refractivity contribution is 0.425. The average Bonchev–Trinajstić information content (AvgIpc) is 3.30. The molecule has 1 atom stereocenters. The Labute approximate surface area is 203 Å². The Kier molecular flexibility index (Phi) is 5.44. The normalized spacial score (nSPS) is 18.4. The van der Waals surface area contributed by atoms with Crippen molar-refractivity contribution in [1.82, 2.24) is 0 Å². The molecule has 0 nitrogen and oxygen atoms in total. The van der Waals surface area contributed by atoms with Gasteiger partial charge in [0.2, 0.25) is 0 Å². The third-order valence-corrected chi connectivity index (χ3v) is 7.94. The first-order chi connectivity index (χ1) is 15.0. The van der Waals surface area contributed by atoms with Gasteiger partial charge in [0.1, 0.15) is 0 Å². The topological polar surface area (TPSA) is 0 Å². The SMILES string of the molecule is CC(C)(C)C1=CC(C(C)(C)c2c(C(C)(C)C)ccc3c2Cc2cc(C(C)(C)C)ccc2-3)C=C1. The van der Waals surface area contributed by atoms with Gasteiger partial charge in [0.05, 0.1) is 0 Å². The molecule has 0 heteroatoms. The van der Waals surface area contributed by atoms with Crippen LogP contribution in [0.25, 0.3) is 11.1 Å². The number of hydrogen-bond acceptors (Lipinski definition) is 0. The number of rotatable bonds is 2. The zero-order valence-corrected chi connectivity index (χ0v) is 22.9. The van der Waals surface area contributed by atoms with Gasteiger partial charge in [0.15, 0.2) is 0 Å². The second kappa shape index (κ2) is 7.46. The van der Waals surface area contributed by atoms with E-state index in [4.69, 9.17) is 0 Å². The largest absolute Gasteiger partial charge is 0.0764 e. The second-order valence-corrected chi connectivity index (χ2v) is 14.0. The van der Waals surface area contributed by atoms with Gasteiger partial charge in [-0.3, -0.25) is 0 Å². The van der Waals surface area contributed by atoms with Gasteiger partial charge in [-0.15, -0.1) is 0 Å². The summed E-state index contributed by atoms with van der Waals surface area (Å²) in [4.78, 5) is 0. The minimum Gasteiger partial charge on any atom is -0.0764 e. The Bertz CT molecular complexity index is 1140. The molecule has 176 valence electrons. The summed E-state index contributed by atoms with van der Waals surface area (Å²) >= 11 is 0. The highest BCUT2D eigenvalue weighted by Gasteiger charge is 2.39. The smallest absolute Gasteiger partial charge is 0.00477 e. The Morgan fingerprint density at radius 1 is 0.697 bits per heavy atom. The number of allylic oxidation sites excluding steroid dienone is 4. The maximum Gasteiger partial charge on any atom is 0.00477 e. The van der Waals surface area contributed by atoms with Crippen molar-refractivity contribution in [2.75, 3.05) is 0 Å². The Morgan fingerprint density at radius 2 is 1.33 bits per heavy atom. The van der Waals surface area contributed by atoms with Gasteiger partial charge in [-0.05, 0) is 67.2 Å². The van der Waals surface area contributed by atoms with E-state index in [1.54, 1.807) is 11.1 Å². The van der Waals surface area contributed by atoms with Crippen LogP contribution < -0.4 is 0 Å². The van der Waals surface area contributed by atoms with Gasteiger partial charge in [0, 0.05) is 11.3 Å². The second-order valence-electron chi connectivity index (χ2n) is 14.0. The van der Waals surface area contributed by atoms with Gasteiger partial charge in [-0.2, -0.15) is 0 Å². The quantitative estimate of drug-likeness (QED) is 0.372. The van der Waals surface area contributed by atoms with E-state index in [0.717, 1.165) is 6.42 Å². The number of benzene rings is 2. The molecular formula is C33H44. The van der Waals surface area contributed by atoms with E-state index < -0.39 is 0 Å². The predicted octanol–water partition coefficient (Wildman–Crippen LogP) is 9.29. The molecule has 0 bridgehead atoms. The molecule has 4 rings (SSSR count). The fourth-order valence-corrected chi connectivity index (χ4v) is 5.73. The van der Waals surface area contributed by atoms with E-state index in [0.29, 0.717) is 5.92 Å². The summed E-state index contributed by atoms with van der Waals surface area (Å²) in [6.45, 7) is 26.0. The van der Waals surface area contributed by atoms with E-state index in [1.807, 2.05) is 0 Å². The minimum atomic E-state index is 0.0202. The standard InChI is InChI=1S/C33H44/c1-30(2,3)22-14-15-25-21(18-22)19-27-26(25)16-17-28(32(7,8)9)29(27)33(10,11)24-13-12-23(20-24)31(4,5)6/h12-18,20,24H,19H2,1-11H3. The fourth-order valence-electron chi connectivity index (χ4n) is 5.73. The Morgan fingerprint density at radius 3 is 1.88 bits per heavy atom. The lowest BCUT2D eigenvalue weighted by atomic mass is 9.66. The van der Waals surface area contributed by atoms with Crippen molar-refractivity contribution in [2.45, 2.75) is 98.8 Å².